The van der Waals surface area contributed by atoms with Gasteiger partial charge in [0.05, 0.1) is 23.5 Å². The van der Waals surface area contributed by atoms with Crippen molar-refractivity contribution in [2.45, 2.75) is 32.4 Å². The van der Waals surface area contributed by atoms with E-state index in [2.05, 4.69) is 20.4 Å². The predicted octanol–water partition coefficient (Wildman–Crippen LogP) is 4.84. The van der Waals surface area contributed by atoms with Crippen LogP contribution in [-0.2, 0) is 11.3 Å². The molecule has 0 aliphatic carbocycles. The lowest BCUT2D eigenvalue weighted by molar-refractivity contribution is -0.127. The lowest BCUT2D eigenvalue weighted by atomic mass is 9.97. The Kier molecular flexibility index (Phi) is 7.85. The van der Waals surface area contributed by atoms with Crippen molar-refractivity contribution in [1.29, 1.82) is 0 Å². The van der Waals surface area contributed by atoms with Crippen LogP contribution in [0.5, 0.6) is 5.75 Å². The van der Waals surface area contributed by atoms with Crippen molar-refractivity contribution in [3.05, 3.63) is 64.5 Å². The summed E-state index contributed by atoms with van der Waals surface area (Å²) in [5.41, 5.74) is 0.665. The number of hydrogen-bond donors (Lipinski definition) is 1. The molecule has 1 aromatic heterocycles. The fourth-order valence-corrected chi connectivity index (χ4v) is 4.34. The third-order valence-corrected chi connectivity index (χ3v) is 6.05. The fourth-order valence-electron chi connectivity index (χ4n) is 3.84. The van der Waals surface area contributed by atoms with Gasteiger partial charge in [0.2, 0.25) is 17.6 Å². The van der Waals surface area contributed by atoms with E-state index in [1.807, 2.05) is 37.3 Å². The van der Waals surface area contributed by atoms with E-state index in [1.54, 1.807) is 18.2 Å². The number of piperidine rings is 1. The molecule has 174 valence electrons. The Labute approximate surface area is 203 Å². The van der Waals surface area contributed by atoms with E-state index in [4.69, 9.17) is 32.5 Å². The summed E-state index contributed by atoms with van der Waals surface area (Å²) in [6.07, 6.45) is 1.78. The first-order chi connectivity index (χ1) is 16.0. The highest BCUT2D eigenvalue weighted by Gasteiger charge is 2.28. The van der Waals surface area contributed by atoms with E-state index in [0.29, 0.717) is 47.0 Å². The second kappa shape index (κ2) is 11.0. The molecule has 1 aliphatic heterocycles. The van der Waals surface area contributed by atoms with Crippen molar-refractivity contribution < 1.29 is 14.1 Å². The van der Waals surface area contributed by atoms with E-state index in [9.17, 15) is 4.79 Å². The predicted molar refractivity (Wildman–Crippen MR) is 127 cm³/mol. The van der Waals surface area contributed by atoms with Crippen LogP contribution in [0.15, 0.2) is 53.1 Å². The number of nitrogens with zero attached hydrogens (tertiary/aromatic N) is 3. The van der Waals surface area contributed by atoms with Crippen molar-refractivity contribution >= 4 is 29.1 Å². The number of rotatable bonds is 8. The molecular weight excluding hydrogens is 463 g/mol. The van der Waals surface area contributed by atoms with Gasteiger partial charge in [0.25, 0.3) is 0 Å². The number of carbonyl (C=O) groups excluding carboxylic acids is 1. The largest absolute Gasteiger partial charge is 0.491 e. The first-order valence-corrected chi connectivity index (χ1v) is 11.7. The maximum absolute atomic E-state index is 12.8. The van der Waals surface area contributed by atoms with Crippen molar-refractivity contribution in [2.75, 3.05) is 19.7 Å². The fraction of sp³-hybridized carbons (Fsp3) is 0.375. The standard InChI is InChI=1S/C24H26Cl2N4O3/c1-16(15-32-19-7-3-2-4-8-19)27-24(31)17-6-5-11-30(13-17)14-22-28-23(29-33-22)20-10-9-18(25)12-21(20)26/h2-4,7-10,12,16-17H,5-6,11,13-15H2,1H3,(H,27,31). The number of amides is 1. The zero-order valence-corrected chi connectivity index (χ0v) is 19.9. The molecule has 33 heavy (non-hydrogen) atoms. The monoisotopic (exact) mass is 488 g/mol. The molecule has 7 nitrogen and oxygen atoms in total. The molecule has 0 bridgehead atoms. The minimum atomic E-state index is -0.0916. The minimum absolute atomic E-state index is 0.0445. The van der Waals surface area contributed by atoms with Gasteiger partial charge in [-0.2, -0.15) is 4.98 Å². The molecule has 9 heteroatoms. The van der Waals surface area contributed by atoms with Crippen LogP contribution in [-0.4, -0.2) is 46.7 Å². The van der Waals surface area contributed by atoms with Crippen LogP contribution in [0.1, 0.15) is 25.7 Å². The number of ether oxygens (including phenoxy) is 1. The Bertz CT molecular complexity index is 1080. The molecule has 1 fully saturated rings. The van der Waals surface area contributed by atoms with E-state index in [0.717, 1.165) is 25.1 Å². The number of benzene rings is 2. The van der Waals surface area contributed by atoms with Crippen LogP contribution < -0.4 is 10.1 Å². The van der Waals surface area contributed by atoms with E-state index < -0.39 is 0 Å². The molecule has 0 saturated carbocycles. The molecular formula is C24H26Cl2N4O3. The van der Waals surface area contributed by atoms with Gasteiger partial charge in [0, 0.05) is 17.1 Å². The van der Waals surface area contributed by atoms with Crippen molar-refractivity contribution in [1.82, 2.24) is 20.4 Å². The number of likely N-dealkylation sites (tertiary alicyclic amines) is 1. The molecule has 3 aromatic rings. The van der Waals surface area contributed by atoms with Gasteiger partial charge in [-0.3, -0.25) is 9.69 Å². The second-order valence-corrected chi connectivity index (χ2v) is 9.09. The Morgan fingerprint density at radius 1 is 1.27 bits per heavy atom. The number of carbonyl (C=O) groups is 1. The summed E-state index contributed by atoms with van der Waals surface area (Å²) in [5, 5.41) is 8.14. The molecule has 1 aliphatic rings. The molecule has 2 unspecified atom stereocenters. The van der Waals surface area contributed by atoms with E-state index >= 15 is 0 Å². The highest BCUT2D eigenvalue weighted by Crippen LogP contribution is 2.28. The molecule has 2 atom stereocenters. The van der Waals surface area contributed by atoms with E-state index in [1.165, 1.54) is 0 Å². The smallest absolute Gasteiger partial charge is 0.241 e. The van der Waals surface area contributed by atoms with Crippen molar-refractivity contribution in [2.24, 2.45) is 5.92 Å². The van der Waals surface area contributed by atoms with Gasteiger partial charge in [0.15, 0.2) is 0 Å². The van der Waals surface area contributed by atoms with Gasteiger partial charge in [-0.15, -0.1) is 0 Å². The van der Waals surface area contributed by atoms with Gasteiger partial charge >= 0.3 is 0 Å². The summed E-state index contributed by atoms with van der Waals surface area (Å²) >= 11 is 12.2. The third kappa shape index (κ3) is 6.47. The summed E-state index contributed by atoms with van der Waals surface area (Å²) in [7, 11) is 0. The molecule has 1 N–H and O–H groups in total. The maximum Gasteiger partial charge on any atom is 0.241 e. The average Bonchev–Trinajstić information content (AvgIpc) is 3.26. The Morgan fingerprint density at radius 2 is 2.09 bits per heavy atom. The lowest BCUT2D eigenvalue weighted by Gasteiger charge is -2.31. The second-order valence-electron chi connectivity index (χ2n) is 8.24. The summed E-state index contributed by atoms with van der Waals surface area (Å²) < 4.78 is 11.2. The number of halogens is 2. The Hall–Kier alpha value is -2.61. The topological polar surface area (TPSA) is 80.5 Å². The van der Waals surface area contributed by atoms with E-state index in [-0.39, 0.29) is 17.9 Å². The SMILES string of the molecule is CC(COc1ccccc1)NC(=O)C1CCCN(Cc2nc(-c3ccc(Cl)cc3Cl)no2)C1. The van der Waals surface area contributed by atoms with Crippen LogP contribution in [0, 0.1) is 5.92 Å². The Morgan fingerprint density at radius 3 is 2.88 bits per heavy atom. The summed E-state index contributed by atoms with van der Waals surface area (Å²) in [4.78, 5) is 19.4. The van der Waals surface area contributed by atoms with Gasteiger partial charge < -0.3 is 14.6 Å². The first-order valence-electron chi connectivity index (χ1n) is 11.0. The van der Waals surface area contributed by atoms with Crippen LogP contribution in [0.25, 0.3) is 11.4 Å². The zero-order valence-electron chi connectivity index (χ0n) is 18.3. The summed E-state index contributed by atoms with van der Waals surface area (Å²) in [6, 6.07) is 14.6. The van der Waals surface area contributed by atoms with Gasteiger partial charge in [-0.1, -0.05) is 46.6 Å². The minimum Gasteiger partial charge on any atom is -0.491 e. The van der Waals surface area contributed by atoms with Gasteiger partial charge in [0.1, 0.15) is 12.4 Å². The summed E-state index contributed by atoms with van der Waals surface area (Å²) in [5.74, 6) is 1.65. The third-order valence-electron chi connectivity index (χ3n) is 5.51. The number of nitrogens with one attached hydrogen (secondary N) is 1. The van der Waals surface area contributed by atoms with Crippen LogP contribution in [0.3, 0.4) is 0 Å². The zero-order chi connectivity index (χ0) is 23.2. The van der Waals surface area contributed by atoms with Crippen molar-refractivity contribution in [3.8, 4) is 17.1 Å². The normalized spacial score (nSPS) is 17.5. The highest BCUT2D eigenvalue weighted by molar-refractivity contribution is 6.36. The number of para-hydroxylation sites is 1. The van der Waals surface area contributed by atoms with Gasteiger partial charge in [-0.25, -0.2) is 0 Å². The maximum atomic E-state index is 12.8. The number of hydrogen-bond acceptors (Lipinski definition) is 6. The molecule has 0 radical (unpaired) electrons. The molecule has 1 amide bonds. The number of aromatic nitrogens is 2. The first kappa shape index (κ1) is 23.5. The molecule has 0 spiro atoms. The summed E-state index contributed by atoms with van der Waals surface area (Å²) in [6.45, 7) is 4.36. The van der Waals surface area contributed by atoms with Crippen molar-refractivity contribution in [3.63, 3.8) is 0 Å². The quantitative estimate of drug-likeness (QED) is 0.488. The molecule has 2 aromatic carbocycles. The highest BCUT2D eigenvalue weighted by atomic mass is 35.5. The Balaban J connectivity index is 1.28. The van der Waals surface area contributed by atoms with Crippen LogP contribution in [0.4, 0.5) is 0 Å². The van der Waals surface area contributed by atoms with Crippen LogP contribution in [0.2, 0.25) is 10.0 Å². The van der Waals surface area contributed by atoms with Gasteiger partial charge in [-0.05, 0) is 56.6 Å². The molecule has 1 saturated heterocycles. The average molecular weight is 489 g/mol. The lowest BCUT2D eigenvalue weighted by Crippen LogP contribution is -2.46. The molecule has 4 rings (SSSR count). The van der Waals surface area contributed by atoms with Crippen LogP contribution >= 0.6 is 23.2 Å². The molecule has 2 heterocycles.